The summed E-state index contributed by atoms with van der Waals surface area (Å²) in [6.45, 7) is 5.38. The van der Waals surface area contributed by atoms with Gasteiger partial charge in [0.1, 0.15) is 0 Å². The van der Waals surface area contributed by atoms with Gasteiger partial charge < -0.3 is 5.32 Å². The molecule has 0 bridgehead atoms. The maximum atomic E-state index is 3.62. The van der Waals surface area contributed by atoms with Crippen LogP contribution in [0.2, 0.25) is 0 Å². The molecule has 0 amide bonds. The number of rotatable bonds is 4. The van der Waals surface area contributed by atoms with Crippen molar-refractivity contribution in [1.82, 2.24) is 5.32 Å². The van der Waals surface area contributed by atoms with Crippen LogP contribution in [-0.4, -0.2) is 0 Å². The van der Waals surface area contributed by atoms with Crippen LogP contribution in [0.15, 0.2) is 41.8 Å². The molecule has 0 spiro atoms. The monoisotopic (exact) mass is 287 g/mol. The molecule has 0 saturated carbocycles. The van der Waals surface area contributed by atoms with Crippen molar-refractivity contribution in [3.63, 3.8) is 0 Å². The highest BCUT2D eigenvalue weighted by molar-refractivity contribution is 7.19. The van der Waals surface area contributed by atoms with Gasteiger partial charge in [0.2, 0.25) is 0 Å². The first-order valence-corrected chi connectivity index (χ1v) is 8.18. The van der Waals surface area contributed by atoms with Gasteiger partial charge in [-0.15, -0.1) is 22.7 Å². The van der Waals surface area contributed by atoms with E-state index in [1.165, 1.54) is 25.4 Å². The third-order valence-corrected chi connectivity index (χ3v) is 5.73. The fourth-order valence-electron chi connectivity index (χ4n) is 2.15. The summed E-state index contributed by atoms with van der Waals surface area (Å²) in [7, 11) is 0. The zero-order valence-corrected chi connectivity index (χ0v) is 12.8. The van der Waals surface area contributed by atoms with E-state index in [9.17, 15) is 0 Å². The average Bonchev–Trinajstić information content (AvgIpc) is 3.01. The minimum Gasteiger partial charge on any atom is -0.305 e. The molecule has 3 aromatic rings. The van der Waals surface area contributed by atoms with Crippen LogP contribution in [0.5, 0.6) is 0 Å². The Kier molecular flexibility index (Phi) is 3.69. The van der Waals surface area contributed by atoms with Gasteiger partial charge in [0.05, 0.1) is 0 Å². The molecular weight excluding hydrogens is 270 g/mol. The van der Waals surface area contributed by atoms with Crippen LogP contribution in [0.1, 0.15) is 28.3 Å². The molecule has 19 heavy (non-hydrogen) atoms. The largest absolute Gasteiger partial charge is 0.305 e. The molecular formula is C16H17NS2. The van der Waals surface area contributed by atoms with Gasteiger partial charge in [-0.25, -0.2) is 0 Å². The zero-order valence-electron chi connectivity index (χ0n) is 11.1. The summed E-state index contributed by atoms with van der Waals surface area (Å²) in [4.78, 5) is 2.85. The summed E-state index contributed by atoms with van der Waals surface area (Å²) < 4.78 is 1.37. The maximum Gasteiger partial charge on any atom is 0.0389 e. The predicted molar refractivity (Wildman–Crippen MR) is 86.1 cm³/mol. The normalized spacial score (nSPS) is 12.9. The second-order valence-corrected chi connectivity index (χ2v) is 6.93. The molecule has 2 aromatic heterocycles. The number of aryl methyl sites for hydroxylation is 1. The number of benzene rings is 1. The molecule has 0 aliphatic rings. The van der Waals surface area contributed by atoms with Crippen LogP contribution in [-0.2, 0) is 6.54 Å². The molecule has 0 fully saturated rings. The van der Waals surface area contributed by atoms with Crippen molar-refractivity contribution >= 4 is 32.8 Å². The molecule has 1 unspecified atom stereocenters. The van der Waals surface area contributed by atoms with E-state index in [1.54, 1.807) is 0 Å². The lowest BCUT2D eigenvalue weighted by Gasteiger charge is -2.11. The van der Waals surface area contributed by atoms with Crippen molar-refractivity contribution in [2.45, 2.75) is 26.4 Å². The maximum absolute atomic E-state index is 3.62. The molecule has 3 heteroatoms. The van der Waals surface area contributed by atoms with Crippen LogP contribution < -0.4 is 5.32 Å². The number of fused-ring (bicyclic) bond motifs is 1. The molecule has 1 aromatic carbocycles. The third-order valence-electron chi connectivity index (χ3n) is 3.41. The van der Waals surface area contributed by atoms with Gasteiger partial charge in [-0.3, -0.25) is 0 Å². The highest BCUT2D eigenvalue weighted by Crippen LogP contribution is 2.30. The van der Waals surface area contributed by atoms with Crippen molar-refractivity contribution < 1.29 is 0 Å². The van der Waals surface area contributed by atoms with Crippen molar-refractivity contribution in [3.05, 3.63) is 57.1 Å². The topological polar surface area (TPSA) is 12.0 Å². The molecule has 1 nitrogen and oxygen atoms in total. The van der Waals surface area contributed by atoms with Crippen molar-refractivity contribution in [2.24, 2.45) is 0 Å². The van der Waals surface area contributed by atoms with E-state index >= 15 is 0 Å². The lowest BCUT2D eigenvalue weighted by Crippen LogP contribution is -2.16. The van der Waals surface area contributed by atoms with Gasteiger partial charge >= 0.3 is 0 Å². The Morgan fingerprint density at radius 3 is 2.79 bits per heavy atom. The van der Waals surface area contributed by atoms with E-state index in [4.69, 9.17) is 0 Å². The molecule has 0 saturated heterocycles. The Balaban J connectivity index is 1.73. The van der Waals surface area contributed by atoms with E-state index < -0.39 is 0 Å². The lowest BCUT2D eigenvalue weighted by atomic mass is 10.2. The molecule has 1 N–H and O–H groups in total. The van der Waals surface area contributed by atoms with Crippen LogP contribution >= 0.6 is 22.7 Å². The predicted octanol–water partition coefficient (Wildman–Crippen LogP) is 5.12. The highest BCUT2D eigenvalue weighted by Gasteiger charge is 2.09. The van der Waals surface area contributed by atoms with Gasteiger partial charge in [-0.05, 0) is 48.4 Å². The second-order valence-electron chi connectivity index (χ2n) is 4.82. The third kappa shape index (κ3) is 2.73. The SMILES string of the molecule is Cc1ccsc1CNC(C)c1cc2ccccc2s1. The lowest BCUT2D eigenvalue weighted by molar-refractivity contribution is 0.586. The van der Waals surface area contributed by atoms with E-state index in [1.807, 2.05) is 22.7 Å². The van der Waals surface area contributed by atoms with Gasteiger partial charge in [-0.1, -0.05) is 18.2 Å². The Bertz CT molecular complexity index is 648. The molecule has 0 aliphatic carbocycles. The quantitative estimate of drug-likeness (QED) is 0.702. The molecule has 0 aliphatic heterocycles. The van der Waals surface area contributed by atoms with Crippen LogP contribution in [0.25, 0.3) is 10.1 Å². The minimum absolute atomic E-state index is 0.402. The minimum atomic E-state index is 0.402. The summed E-state index contributed by atoms with van der Waals surface area (Å²) in [5.41, 5.74) is 1.39. The summed E-state index contributed by atoms with van der Waals surface area (Å²) in [6, 6.07) is 13.5. The summed E-state index contributed by atoms with van der Waals surface area (Å²) in [5.74, 6) is 0. The number of nitrogens with one attached hydrogen (secondary N) is 1. The van der Waals surface area contributed by atoms with E-state index in [0.29, 0.717) is 6.04 Å². The first kappa shape index (κ1) is 12.9. The molecule has 3 rings (SSSR count). The van der Waals surface area contributed by atoms with Gasteiger partial charge in [0, 0.05) is 27.0 Å². The fraction of sp³-hybridized carbons (Fsp3) is 0.250. The number of hydrogen-bond acceptors (Lipinski definition) is 3. The Morgan fingerprint density at radius 2 is 2.05 bits per heavy atom. The number of hydrogen-bond donors (Lipinski definition) is 1. The second kappa shape index (κ2) is 5.45. The first-order chi connectivity index (χ1) is 9.24. The van der Waals surface area contributed by atoms with Gasteiger partial charge in [-0.2, -0.15) is 0 Å². The summed E-state index contributed by atoms with van der Waals surface area (Å²) in [5, 5.41) is 7.14. The molecule has 98 valence electrons. The smallest absolute Gasteiger partial charge is 0.0389 e. The van der Waals surface area contributed by atoms with E-state index in [-0.39, 0.29) is 0 Å². The van der Waals surface area contributed by atoms with E-state index in [2.05, 4.69) is 60.9 Å². The fourth-order valence-corrected chi connectivity index (χ4v) is 4.10. The van der Waals surface area contributed by atoms with Crippen LogP contribution in [0.3, 0.4) is 0 Å². The summed E-state index contributed by atoms with van der Waals surface area (Å²) >= 11 is 3.72. The molecule has 1 atom stereocenters. The van der Waals surface area contributed by atoms with Gasteiger partial charge in [0.25, 0.3) is 0 Å². The summed E-state index contributed by atoms with van der Waals surface area (Å²) in [6.07, 6.45) is 0. The molecule has 2 heterocycles. The van der Waals surface area contributed by atoms with Gasteiger partial charge in [0.15, 0.2) is 0 Å². The Morgan fingerprint density at radius 1 is 1.21 bits per heavy atom. The standard InChI is InChI=1S/C16H17NS2/c1-11-7-8-18-16(11)10-17-12(2)15-9-13-5-3-4-6-14(13)19-15/h3-9,12,17H,10H2,1-2H3. The molecule has 0 radical (unpaired) electrons. The Hall–Kier alpha value is -1.16. The van der Waals surface area contributed by atoms with Crippen molar-refractivity contribution in [1.29, 1.82) is 0 Å². The highest BCUT2D eigenvalue weighted by atomic mass is 32.1. The van der Waals surface area contributed by atoms with Crippen molar-refractivity contribution in [2.75, 3.05) is 0 Å². The zero-order chi connectivity index (χ0) is 13.2. The van der Waals surface area contributed by atoms with Crippen molar-refractivity contribution in [3.8, 4) is 0 Å². The average molecular weight is 287 g/mol. The van der Waals surface area contributed by atoms with Crippen LogP contribution in [0, 0.1) is 6.92 Å². The van der Waals surface area contributed by atoms with E-state index in [0.717, 1.165) is 6.54 Å². The Labute approximate surface area is 121 Å². The first-order valence-electron chi connectivity index (χ1n) is 6.49. The number of thiophene rings is 2. The van der Waals surface area contributed by atoms with Crippen LogP contribution in [0.4, 0.5) is 0 Å².